The van der Waals surface area contributed by atoms with Gasteiger partial charge in [-0.25, -0.2) is 4.68 Å². The first-order chi connectivity index (χ1) is 13.7. The number of carbonyl (C=O) groups is 1. The number of nitrogens with one attached hydrogen (secondary N) is 2. The van der Waals surface area contributed by atoms with E-state index >= 15 is 0 Å². The molecule has 2 aromatic carbocycles. The molecule has 140 valence electrons. The predicted molar refractivity (Wildman–Crippen MR) is 107 cm³/mol. The largest absolute Gasteiger partial charge is 0.358 e. The van der Waals surface area contributed by atoms with E-state index in [4.69, 9.17) is 0 Å². The van der Waals surface area contributed by atoms with Crippen molar-refractivity contribution in [3.05, 3.63) is 59.3 Å². The second kappa shape index (κ2) is 6.60. The molecule has 4 aromatic rings. The normalized spacial score (nSPS) is 13.5. The van der Waals surface area contributed by atoms with E-state index in [9.17, 15) is 4.79 Å². The van der Waals surface area contributed by atoms with Crippen molar-refractivity contribution in [1.29, 1.82) is 0 Å². The van der Waals surface area contributed by atoms with E-state index < -0.39 is 0 Å². The van der Waals surface area contributed by atoms with Crippen LogP contribution in [0.25, 0.3) is 22.3 Å². The Bertz CT molecular complexity index is 1190. The zero-order valence-electron chi connectivity index (χ0n) is 15.6. The third-order valence-corrected chi connectivity index (χ3v) is 5.36. The molecule has 0 aliphatic heterocycles. The molecular weight excluding hydrogens is 352 g/mol. The Hall–Kier alpha value is -3.48. The average molecular weight is 372 g/mol. The van der Waals surface area contributed by atoms with Gasteiger partial charge in [0.25, 0.3) is 5.91 Å². The number of fused-ring (bicyclic) bond motifs is 3. The molecule has 2 aromatic heterocycles. The molecule has 1 amide bonds. The number of rotatable bonds is 3. The zero-order valence-corrected chi connectivity index (χ0v) is 15.6. The van der Waals surface area contributed by atoms with Crippen molar-refractivity contribution >= 4 is 22.5 Å². The molecule has 1 aliphatic rings. The Balaban J connectivity index is 1.43. The fourth-order valence-electron chi connectivity index (χ4n) is 3.96. The molecule has 7 heteroatoms. The van der Waals surface area contributed by atoms with E-state index in [1.165, 1.54) is 29.5 Å². The van der Waals surface area contributed by atoms with Crippen LogP contribution in [-0.2, 0) is 19.9 Å². The molecule has 2 heterocycles. The van der Waals surface area contributed by atoms with Crippen LogP contribution < -0.4 is 5.32 Å². The van der Waals surface area contributed by atoms with Crippen molar-refractivity contribution < 1.29 is 4.79 Å². The van der Waals surface area contributed by atoms with Crippen LogP contribution in [-0.4, -0.2) is 31.1 Å². The summed E-state index contributed by atoms with van der Waals surface area (Å²) in [4.78, 5) is 16.4. The van der Waals surface area contributed by atoms with Crippen molar-refractivity contribution in [1.82, 2.24) is 25.2 Å². The van der Waals surface area contributed by atoms with Gasteiger partial charge in [-0.15, -0.1) is 5.10 Å². The third-order valence-electron chi connectivity index (χ3n) is 5.36. The molecular formula is C21H20N6O. The van der Waals surface area contributed by atoms with Gasteiger partial charge in [-0.2, -0.15) is 0 Å². The highest BCUT2D eigenvalue weighted by molar-refractivity contribution is 6.06. The van der Waals surface area contributed by atoms with Gasteiger partial charge in [0.1, 0.15) is 0 Å². The molecule has 0 saturated heterocycles. The van der Waals surface area contributed by atoms with Crippen molar-refractivity contribution in [3.8, 4) is 11.4 Å². The van der Waals surface area contributed by atoms with Gasteiger partial charge in [-0.3, -0.25) is 4.79 Å². The first-order valence-corrected chi connectivity index (χ1v) is 9.47. The van der Waals surface area contributed by atoms with Crippen LogP contribution in [0.5, 0.6) is 0 Å². The summed E-state index contributed by atoms with van der Waals surface area (Å²) in [5.41, 5.74) is 6.02. The summed E-state index contributed by atoms with van der Waals surface area (Å²) in [6.07, 6.45) is 4.61. The number of hydrogen-bond acceptors (Lipinski definition) is 4. The highest BCUT2D eigenvalue weighted by Crippen LogP contribution is 2.30. The predicted octanol–water partition coefficient (Wildman–Crippen LogP) is 3.49. The quantitative estimate of drug-likeness (QED) is 0.576. The average Bonchev–Trinajstić information content (AvgIpc) is 3.31. The number of amides is 1. The third kappa shape index (κ3) is 2.85. The Morgan fingerprint density at radius 2 is 2.04 bits per heavy atom. The maximum Gasteiger partial charge on any atom is 0.255 e. The minimum absolute atomic E-state index is 0.124. The number of aromatic nitrogens is 5. The molecule has 0 fully saturated rings. The number of aromatic amines is 1. The topological polar surface area (TPSA) is 88.5 Å². The number of benzene rings is 2. The summed E-state index contributed by atoms with van der Waals surface area (Å²) in [6.45, 7) is 0. The second-order valence-electron chi connectivity index (χ2n) is 7.21. The zero-order chi connectivity index (χ0) is 19.1. The first kappa shape index (κ1) is 16.7. The molecule has 0 atom stereocenters. The van der Waals surface area contributed by atoms with Crippen LogP contribution in [0.1, 0.15) is 34.5 Å². The summed E-state index contributed by atoms with van der Waals surface area (Å²) in [5.74, 6) is 0.525. The molecule has 7 nitrogen and oxygen atoms in total. The van der Waals surface area contributed by atoms with Gasteiger partial charge in [0.15, 0.2) is 5.82 Å². The van der Waals surface area contributed by atoms with E-state index in [0.717, 1.165) is 23.9 Å². The molecule has 0 unspecified atom stereocenters. The Kier molecular flexibility index (Phi) is 3.93. The van der Waals surface area contributed by atoms with Gasteiger partial charge in [0.05, 0.1) is 0 Å². The van der Waals surface area contributed by atoms with Gasteiger partial charge in [0, 0.05) is 40.5 Å². The number of carbonyl (C=O) groups excluding carboxylic acids is 1. The number of tetrazole rings is 1. The summed E-state index contributed by atoms with van der Waals surface area (Å²) >= 11 is 0. The maximum atomic E-state index is 12.8. The number of nitrogens with zero attached hydrogens (tertiary/aromatic N) is 4. The summed E-state index contributed by atoms with van der Waals surface area (Å²) < 4.78 is 1.60. The number of H-pyrrole nitrogens is 1. The number of aryl methyl sites for hydroxylation is 3. The molecule has 0 spiro atoms. The van der Waals surface area contributed by atoms with Crippen LogP contribution >= 0.6 is 0 Å². The van der Waals surface area contributed by atoms with Crippen molar-refractivity contribution in [3.63, 3.8) is 0 Å². The van der Waals surface area contributed by atoms with Gasteiger partial charge < -0.3 is 10.3 Å². The lowest BCUT2D eigenvalue weighted by Gasteiger charge is -2.11. The summed E-state index contributed by atoms with van der Waals surface area (Å²) in [7, 11) is 1.79. The minimum atomic E-state index is -0.124. The lowest BCUT2D eigenvalue weighted by atomic mass is 9.95. The highest BCUT2D eigenvalue weighted by Gasteiger charge is 2.17. The number of anilines is 1. The fourth-order valence-corrected chi connectivity index (χ4v) is 3.96. The smallest absolute Gasteiger partial charge is 0.255 e. The van der Waals surface area contributed by atoms with Crippen LogP contribution in [0.4, 0.5) is 5.69 Å². The fraction of sp³-hybridized carbons (Fsp3) is 0.238. The van der Waals surface area contributed by atoms with E-state index in [-0.39, 0.29) is 5.91 Å². The lowest BCUT2D eigenvalue weighted by Crippen LogP contribution is -2.12. The molecule has 0 bridgehead atoms. The van der Waals surface area contributed by atoms with Gasteiger partial charge in [-0.1, -0.05) is 12.1 Å². The standard InChI is InChI=1S/C21H20N6O/c1-27-20(24-25-26-27)13-5-4-6-15(11-13)22-21(28)14-9-10-19-17(12-14)16-7-2-3-8-18(16)23-19/h4-6,9-12,23H,2-3,7-8H2,1H3,(H,22,28). The summed E-state index contributed by atoms with van der Waals surface area (Å²) in [6, 6.07) is 13.4. The van der Waals surface area contributed by atoms with Gasteiger partial charge >= 0.3 is 0 Å². The lowest BCUT2D eigenvalue weighted by molar-refractivity contribution is 0.102. The van der Waals surface area contributed by atoms with E-state index in [0.29, 0.717) is 17.1 Å². The minimum Gasteiger partial charge on any atom is -0.358 e. The highest BCUT2D eigenvalue weighted by atomic mass is 16.1. The molecule has 28 heavy (non-hydrogen) atoms. The monoisotopic (exact) mass is 372 g/mol. The molecule has 0 radical (unpaired) electrons. The van der Waals surface area contributed by atoms with Crippen LogP contribution in [0.2, 0.25) is 0 Å². The van der Waals surface area contributed by atoms with Crippen molar-refractivity contribution in [2.24, 2.45) is 7.05 Å². The van der Waals surface area contributed by atoms with Crippen molar-refractivity contribution in [2.45, 2.75) is 25.7 Å². The SMILES string of the molecule is Cn1nnnc1-c1cccc(NC(=O)c2ccc3[nH]c4c(c3c2)CCCC4)c1. The Morgan fingerprint density at radius 3 is 2.89 bits per heavy atom. The summed E-state index contributed by atoms with van der Waals surface area (Å²) in [5, 5.41) is 15.7. The van der Waals surface area contributed by atoms with Crippen LogP contribution in [0, 0.1) is 0 Å². The maximum absolute atomic E-state index is 12.8. The molecule has 5 rings (SSSR count). The van der Waals surface area contributed by atoms with Crippen LogP contribution in [0.3, 0.4) is 0 Å². The van der Waals surface area contributed by atoms with E-state index in [1.807, 2.05) is 42.5 Å². The van der Waals surface area contributed by atoms with Gasteiger partial charge in [0.2, 0.25) is 0 Å². The van der Waals surface area contributed by atoms with E-state index in [1.54, 1.807) is 11.7 Å². The number of hydrogen-bond donors (Lipinski definition) is 2. The molecule has 2 N–H and O–H groups in total. The van der Waals surface area contributed by atoms with Gasteiger partial charge in [-0.05, 0) is 72.0 Å². The van der Waals surface area contributed by atoms with Crippen LogP contribution in [0.15, 0.2) is 42.5 Å². The first-order valence-electron chi connectivity index (χ1n) is 9.47. The second-order valence-corrected chi connectivity index (χ2v) is 7.21. The Morgan fingerprint density at radius 1 is 1.14 bits per heavy atom. The molecule has 0 saturated carbocycles. The van der Waals surface area contributed by atoms with Crippen molar-refractivity contribution in [2.75, 3.05) is 5.32 Å². The van der Waals surface area contributed by atoms with E-state index in [2.05, 4.69) is 25.8 Å². The molecule has 1 aliphatic carbocycles. The Labute approximate surface area is 161 Å².